The summed E-state index contributed by atoms with van der Waals surface area (Å²) in [6, 6.07) is 5.90. The van der Waals surface area contributed by atoms with Crippen LogP contribution in [0.2, 0.25) is 0 Å². The van der Waals surface area contributed by atoms with Crippen molar-refractivity contribution in [3.63, 3.8) is 0 Å². The summed E-state index contributed by atoms with van der Waals surface area (Å²) in [7, 11) is 4.80. The van der Waals surface area contributed by atoms with E-state index in [-0.39, 0.29) is 5.92 Å². The van der Waals surface area contributed by atoms with E-state index in [9.17, 15) is 0 Å². The normalized spacial score (nSPS) is 11.5. The quantitative estimate of drug-likeness (QED) is 0.778. The van der Waals surface area contributed by atoms with Gasteiger partial charge < -0.3 is 14.2 Å². The third-order valence-electron chi connectivity index (χ3n) is 2.94. The minimum absolute atomic E-state index is 0.0406. The Hall–Kier alpha value is -1.89. The number of methoxy groups -OCH3 is 3. The predicted molar refractivity (Wildman–Crippen MR) is 69.2 cm³/mol. The molecule has 0 saturated carbocycles. The molecule has 98 valence electrons. The van der Waals surface area contributed by atoms with Gasteiger partial charge in [-0.25, -0.2) is 0 Å². The van der Waals surface area contributed by atoms with E-state index in [4.69, 9.17) is 19.5 Å². The van der Waals surface area contributed by atoms with Crippen molar-refractivity contribution in [2.75, 3.05) is 21.3 Å². The van der Waals surface area contributed by atoms with Crippen molar-refractivity contribution in [2.24, 2.45) is 5.92 Å². The summed E-state index contributed by atoms with van der Waals surface area (Å²) in [5, 5.41) is 9.06. The van der Waals surface area contributed by atoms with Crippen molar-refractivity contribution in [2.45, 2.75) is 19.8 Å². The first-order chi connectivity index (χ1) is 8.69. The molecule has 0 radical (unpaired) electrons. The summed E-state index contributed by atoms with van der Waals surface area (Å²) >= 11 is 0. The molecule has 18 heavy (non-hydrogen) atoms. The van der Waals surface area contributed by atoms with E-state index in [1.165, 1.54) is 0 Å². The molecule has 4 nitrogen and oxygen atoms in total. The van der Waals surface area contributed by atoms with E-state index in [1.807, 2.05) is 19.1 Å². The Morgan fingerprint density at radius 2 is 1.67 bits per heavy atom. The first-order valence-corrected chi connectivity index (χ1v) is 5.88. The molecule has 1 rings (SSSR count). The average Bonchev–Trinajstić information content (AvgIpc) is 2.43. The Morgan fingerprint density at radius 3 is 2.00 bits per heavy atom. The van der Waals surface area contributed by atoms with Gasteiger partial charge in [0.2, 0.25) is 0 Å². The second-order valence-corrected chi connectivity index (χ2v) is 3.95. The number of hydrogen-bond donors (Lipinski definition) is 0. The summed E-state index contributed by atoms with van der Waals surface area (Å²) in [5.74, 6) is 2.03. The molecule has 0 heterocycles. The molecule has 0 N–H and O–H groups in total. The van der Waals surface area contributed by atoms with E-state index < -0.39 is 0 Å². The van der Waals surface area contributed by atoms with Crippen LogP contribution in [0.1, 0.15) is 18.9 Å². The molecule has 0 aromatic heterocycles. The maximum absolute atomic E-state index is 9.06. The average molecular weight is 249 g/mol. The topological polar surface area (TPSA) is 51.5 Å². The first-order valence-electron chi connectivity index (χ1n) is 5.88. The van der Waals surface area contributed by atoms with Gasteiger partial charge in [0.1, 0.15) is 17.2 Å². The second kappa shape index (κ2) is 6.75. The van der Waals surface area contributed by atoms with Crippen LogP contribution in [-0.4, -0.2) is 21.3 Å². The molecule has 0 bridgehead atoms. The van der Waals surface area contributed by atoms with Crippen LogP contribution in [0.5, 0.6) is 17.2 Å². The maximum Gasteiger partial charge on any atom is 0.129 e. The molecule has 0 aliphatic carbocycles. The van der Waals surface area contributed by atoms with Crippen molar-refractivity contribution in [3.05, 3.63) is 17.7 Å². The lowest BCUT2D eigenvalue weighted by molar-refractivity contribution is 0.366. The van der Waals surface area contributed by atoms with Gasteiger partial charge in [0.05, 0.1) is 33.3 Å². The van der Waals surface area contributed by atoms with Crippen molar-refractivity contribution in [1.82, 2.24) is 0 Å². The maximum atomic E-state index is 9.06. The van der Waals surface area contributed by atoms with Crippen molar-refractivity contribution in [3.8, 4) is 23.3 Å². The molecule has 0 aliphatic heterocycles. The molecule has 1 unspecified atom stereocenters. The van der Waals surface area contributed by atoms with E-state index in [0.717, 1.165) is 12.0 Å². The molecular formula is C14H19NO3. The highest BCUT2D eigenvalue weighted by molar-refractivity contribution is 5.51. The fourth-order valence-corrected chi connectivity index (χ4v) is 1.81. The summed E-state index contributed by atoms with van der Waals surface area (Å²) in [4.78, 5) is 0. The van der Waals surface area contributed by atoms with Crippen LogP contribution in [0.25, 0.3) is 0 Å². The highest BCUT2D eigenvalue weighted by atomic mass is 16.5. The number of nitrogens with zero attached hydrogens (tertiary/aromatic N) is 1. The van der Waals surface area contributed by atoms with E-state index >= 15 is 0 Å². The summed E-state index contributed by atoms with van der Waals surface area (Å²) in [5.41, 5.74) is 0.911. The van der Waals surface area contributed by atoms with Gasteiger partial charge in [-0.2, -0.15) is 5.26 Å². The Kier molecular flexibility index (Phi) is 5.31. The first kappa shape index (κ1) is 14.2. The molecular weight excluding hydrogens is 230 g/mol. The van der Waals surface area contributed by atoms with Crippen LogP contribution in [0.15, 0.2) is 12.1 Å². The third kappa shape index (κ3) is 3.07. The van der Waals surface area contributed by atoms with Gasteiger partial charge in [-0.15, -0.1) is 0 Å². The number of benzene rings is 1. The van der Waals surface area contributed by atoms with Gasteiger partial charge in [0.25, 0.3) is 0 Å². The van der Waals surface area contributed by atoms with Crippen LogP contribution in [0.3, 0.4) is 0 Å². The predicted octanol–water partition coefficient (Wildman–Crippen LogP) is 2.80. The fourth-order valence-electron chi connectivity index (χ4n) is 1.81. The van der Waals surface area contributed by atoms with Crippen LogP contribution in [-0.2, 0) is 6.42 Å². The molecule has 0 fully saturated rings. The number of nitriles is 1. The molecule has 0 saturated heterocycles. The van der Waals surface area contributed by atoms with E-state index in [2.05, 4.69) is 6.07 Å². The van der Waals surface area contributed by atoms with Crippen LogP contribution in [0.4, 0.5) is 0 Å². The zero-order valence-electron chi connectivity index (χ0n) is 11.3. The molecule has 0 aliphatic rings. The minimum atomic E-state index is -0.0406. The standard InChI is InChI=1S/C14H19NO3/c1-5-10(9-15)6-12-13(17-3)7-11(16-2)8-14(12)18-4/h7-8,10H,5-6H2,1-4H3. The highest BCUT2D eigenvalue weighted by Gasteiger charge is 2.17. The molecule has 0 spiro atoms. The molecule has 4 heteroatoms. The summed E-state index contributed by atoms with van der Waals surface area (Å²) in [6.07, 6.45) is 1.41. The van der Waals surface area contributed by atoms with Crippen LogP contribution < -0.4 is 14.2 Å². The smallest absolute Gasteiger partial charge is 0.129 e. The third-order valence-corrected chi connectivity index (χ3v) is 2.94. The molecule has 1 atom stereocenters. The zero-order chi connectivity index (χ0) is 13.5. The lowest BCUT2D eigenvalue weighted by Gasteiger charge is -2.16. The molecule has 1 aromatic carbocycles. The van der Waals surface area contributed by atoms with Crippen molar-refractivity contribution in [1.29, 1.82) is 5.26 Å². The van der Waals surface area contributed by atoms with Gasteiger partial charge in [0.15, 0.2) is 0 Å². The number of ether oxygens (including phenoxy) is 3. The van der Waals surface area contributed by atoms with Gasteiger partial charge in [-0.1, -0.05) is 6.92 Å². The van der Waals surface area contributed by atoms with Gasteiger partial charge >= 0.3 is 0 Å². The summed E-state index contributed by atoms with van der Waals surface area (Å²) in [6.45, 7) is 2.00. The SMILES string of the molecule is CCC(C#N)Cc1c(OC)cc(OC)cc1OC. The van der Waals surface area contributed by atoms with Gasteiger partial charge in [-0.05, 0) is 12.8 Å². The van der Waals surface area contributed by atoms with Gasteiger partial charge in [0, 0.05) is 17.7 Å². The number of rotatable bonds is 6. The monoisotopic (exact) mass is 249 g/mol. The largest absolute Gasteiger partial charge is 0.496 e. The number of hydrogen-bond acceptors (Lipinski definition) is 4. The lowest BCUT2D eigenvalue weighted by Crippen LogP contribution is -2.05. The summed E-state index contributed by atoms with van der Waals surface area (Å²) < 4.78 is 15.9. The fraction of sp³-hybridized carbons (Fsp3) is 0.500. The highest BCUT2D eigenvalue weighted by Crippen LogP contribution is 2.35. The molecule has 1 aromatic rings. The second-order valence-electron chi connectivity index (χ2n) is 3.95. The van der Waals surface area contributed by atoms with Crippen LogP contribution >= 0.6 is 0 Å². The Morgan fingerprint density at radius 1 is 1.11 bits per heavy atom. The zero-order valence-corrected chi connectivity index (χ0v) is 11.3. The Bertz CT molecular complexity index is 412. The van der Waals surface area contributed by atoms with Crippen molar-refractivity contribution >= 4 is 0 Å². The van der Waals surface area contributed by atoms with E-state index in [0.29, 0.717) is 23.7 Å². The Balaban J connectivity index is 3.19. The van der Waals surface area contributed by atoms with Crippen molar-refractivity contribution < 1.29 is 14.2 Å². The Labute approximate surface area is 108 Å². The molecule has 0 amide bonds. The van der Waals surface area contributed by atoms with E-state index in [1.54, 1.807) is 21.3 Å². The minimum Gasteiger partial charge on any atom is -0.496 e. The lowest BCUT2D eigenvalue weighted by atomic mass is 9.96. The van der Waals surface area contributed by atoms with Gasteiger partial charge in [-0.3, -0.25) is 0 Å². The van der Waals surface area contributed by atoms with Crippen LogP contribution in [0, 0.1) is 17.2 Å².